The Hall–Kier alpha value is -2.15. The molecule has 1 aromatic heterocycles. The maximum atomic E-state index is 13.7. The molecule has 0 bridgehead atoms. The zero-order valence-electron chi connectivity index (χ0n) is 18.6. The first-order valence-electron chi connectivity index (χ1n) is 11.9. The lowest BCUT2D eigenvalue weighted by molar-refractivity contribution is -0.134. The van der Waals surface area contributed by atoms with E-state index in [1.165, 1.54) is 12.8 Å². The summed E-state index contributed by atoms with van der Waals surface area (Å²) < 4.78 is 2.74. The number of halogens is 1. The Labute approximate surface area is 197 Å². The third kappa shape index (κ3) is 4.24. The number of carbonyl (C=O) groups excluding carboxylic acids is 2. The molecule has 2 aromatic rings. The molecule has 170 valence electrons. The fourth-order valence-electron chi connectivity index (χ4n) is 5.07. The van der Waals surface area contributed by atoms with Gasteiger partial charge in [0.15, 0.2) is 0 Å². The number of hydrogen-bond donors (Lipinski definition) is 1. The Kier molecular flexibility index (Phi) is 5.86. The van der Waals surface area contributed by atoms with Crippen LogP contribution in [0.25, 0.3) is 0 Å². The van der Waals surface area contributed by atoms with E-state index in [9.17, 15) is 9.59 Å². The maximum Gasteiger partial charge on any atom is 0.273 e. The van der Waals surface area contributed by atoms with E-state index in [1.54, 1.807) is 9.58 Å². The first kappa shape index (κ1) is 21.7. The van der Waals surface area contributed by atoms with Gasteiger partial charge in [0.2, 0.25) is 5.91 Å². The number of nitrogens with one attached hydrogen (secondary N) is 1. The van der Waals surface area contributed by atoms with Crippen molar-refractivity contribution in [3.05, 3.63) is 51.8 Å². The van der Waals surface area contributed by atoms with Crippen molar-refractivity contribution in [3.63, 3.8) is 0 Å². The van der Waals surface area contributed by atoms with E-state index in [0.717, 1.165) is 54.3 Å². The lowest BCUT2D eigenvalue weighted by Crippen LogP contribution is -2.64. The van der Waals surface area contributed by atoms with Crippen LogP contribution in [0.2, 0.25) is 0 Å². The van der Waals surface area contributed by atoms with Gasteiger partial charge in [-0.25, -0.2) is 0 Å². The van der Waals surface area contributed by atoms with E-state index in [1.807, 2.05) is 37.3 Å². The Morgan fingerprint density at radius 1 is 1.16 bits per heavy atom. The molecule has 0 radical (unpaired) electrons. The summed E-state index contributed by atoms with van der Waals surface area (Å²) in [6.45, 7) is 2.67. The summed E-state index contributed by atoms with van der Waals surface area (Å²) in [5, 5.41) is 8.05. The van der Waals surface area contributed by atoms with Gasteiger partial charge >= 0.3 is 0 Å². The molecule has 3 aliphatic rings. The van der Waals surface area contributed by atoms with Gasteiger partial charge in [-0.05, 0) is 56.4 Å². The van der Waals surface area contributed by atoms with Crippen LogP contribution in [-0.4, -0.2) is 38.1 Å². The standard InChI is InChI=1S/C25H31BrN4O2/c1-25(24(32)27-20-9-4-2-3-5-10-20)16-30-22(14-21(28-30)18-11-12-18)23(31)29(25)15-17-7-6-8-19(26)13-17/h6-8,13-14,18,20H,2-5,9-12,15-16H2,1H3,(H,27,32)/t25-/m0/s1. The molecule has 32 heavy (non-hydrogen) atoms. The molecule has 2 amide bonds. The SMILES string of the molecule is C[C@@]1(C(=O)NC2CCCCCC2)Cn2nc(C3CC3)cc2C(=O)N1Cc1cccc(Br)c1. The zero-order chi connectivity index (χ0) is 22.3. The van der Waals surface area contributed by atoms with Crippen LogP contribution in [0.5, 0.6) is 0 Å². The smallest absolute Gasteiger partial charge is 0.273 e. The van der Waals surface area contributed by atoms with Gasteiger partial charge in [0, 0.05) is 23.0 Å². The van der Waals surface area contributed by atoms with Crippen LogP contribution in [0.4, 0.5) is 0 Å². The number of rotatable bonds is 5. The number of fused-ring (bicyclic) bond motifs is 1. The Balaban J connectivity index is 1.47. The number of amides is 2. The second kappa shape index (κ2) is 8.65. The van der Waals surface area contributed by atoms with Gasteiger partial charge in [-0.1, -0.05) is 53.7 Å². The molecule has 0 unspecified atom stereocenters. The van der Waals surface area contributed by atoms with Crippen molar-refractivity contribution in [3.8, 4) is 0 Å². The number of carbonyl (C=O) groups is 2. The highest BCUT2D eigenvalue weighted by Gasteiger charge is 2.48. The van der Waals surface area contributed by atoms with Gasteiger partial charge in [0.05, 0.1) is 12.2 Å². The average Bonchev–Trinajstić information content (AvgIpc) is 3.57. The monoisotopic (exact) mass is 498 g/mol. The highest BCUT2D eigenvalue weighted by Crippen LogP contribution is 2.41. The van der Waals surface area contributed by atoms with Gasteiger partial charge in [-0.2, -0.15) is 5.10 Å². The van der Waals surface area contributed by atoms with E-state index in [0.29, 0.717) is 24.7 Å². The highest BCUT2D eigenvalue weighted by atomic mass is 79.9. The quantitative estimate of drug-likeness (QED) is 0.603. The first-order valence-corrected chi connectivity index (χ1v) is 12.7. The summed E-state index contributed by atoms with van der Waals surface area (Å²) in [6.07, 6.45) is 9.06. The minimum atomic E-state index is -0.994. The lowest BCUT2D eigenvalue weighted by Gasteiger charge is -2.44. The summed E-state index contributed by atoms with van der Waals surface area (Å²) >= 11 is 3.53. The molecule has 0 saturated heterocycles. The number of hydrogen-bond acceptors (Lipinski definition) is 3. The number of benzene rings is 1. The van der Waals surface area contributed by atoms with E-state index < -0.39 is 5.54 Å². The molecule has 1 atom stereocenters. The fourth-order valence-corrected chi connectivity index (χ4v) is 5.52. The van der Waals surface area contributed by atoms with Crippen molar-refractivity contribution < 1.29 is 9.59 Å². The molecule has 1 aromatic carbocycles. The molecule has 0 spiro atoms. The summed E-state index contributed by atoms with van der Waals surface area (Å²) in [4.78, 5) is 29.2. The Morgan fingerprint density at radius 2 is 1.91 bits per heavy atom. The Bertz CT molecular complexity index is 1020. The topological polar surface area (TPSA) is 67.2 Å². The average molecular weight is 499 g/mol. The van der Waals surface area contributed by atoms with Crippen LogP contribution in [0, 0.1) is 0 Å². The fraction of sp³-hybridized carbons (Fsp3) is 0.560. The van der Waals surface area contributed by atoms with Gasteiger partial charge in [0.1, 0.15) is 11.2 Å². The summed E-state index contributed by atoms with van der Waals surface area (Å²) in [7, 11) is 0. The van der Waals surface area contributed by atoms with Crippen molar-refractivity contribution in [2.45, 2.75) is 88.9 Å². The predicted molar refractivity (Wildman–Crippen MR) is 126 cm³/mol. The van der Waals surface area contributed by atoms with Gasteiger partial charge in [-0.3, -0.25) is 14.3 Å². The van der Waals surface area contributed by atoms with Gasteiger partial charge in [-0.15, -0.1) is 0 Å². The van der Waals surface area contributed by atoms with Gasteiger partial charge < -0.3 is 10.2 Å². The second-order valence-electron chi connectivity index (χ2n) is 9.84. The van der Waals surface area contributed by atoms with Crippen LogP contribution >= 0.6 is 15.9 Å². The normalized spacial score (nSPS) is 24.2. The summed E-state index contributed by atoms with van der Waals surface area (Å²) in [5.41, 5.74) is 1.59. The molecular weight excluding hydrogens is 468 g/mol. The third-order valence-corrected chi connectivity index (χ3v) is 7.71. The molecule has 2 saturated carbocycles. The zero-order valence-corrected chi connectivity index (χ0v) is 20.2. The first-order chi connectivity index (χ1) is 15.4. The molecule has 2 heterocycles. The van der Waals surface area contributed by atoms with E-state index in [-0.39, 0.29) is 17.9 Å². The second-order valence-corrected chi connectivity index (χ2v) is 10.8. The van der Waals surface area contributed by atoms with Crippen LogP contribution in [0.3, 0.4) is 0 Å². The molecule has 1 aliphatic heterocycles. The molecule has 6 nitrogen and oxygen atoms in total. The van der Waals surface area contributed by atoms with Gasteiger partial charge in [0.25, 0.3) is 5.91 Å². The van der Waals surface area contributed by atoms with Crippen LogP contribution in [0.15, 0.2) is 34.8 Å². The van der Waals surface area contributed by atoms with Crippen molar-refractivity contribution in [2.24, 2.45) is 0 Å². The molecule has 5 rings (SSSR count). The van der Waals surface area contributed by atoms with Crippen molar-refractivity contribution >= 4 is 27.7 Å². The molecule has 1 N–H and O–H groups in total. The molecular formula is C25H31BrN4O2. The highest BCUT2D eigenvalue weighted by molar-refractivity contribution is 9.10. The number of aromatic nitrogens is 2. The van der Waals surface area contributed by atoms with Crippen LogP contribution < -0.4 is 5.32 Å². The van der Waals surface area contributed by atoms with E-state index in [2.05, 4.69) is 21.2 Å². The van der Waals surface area contributed by atoms with Crippen molar-refractivity contribution in [1.82, 2.24) is 20.0 Å². The van der Waals surface area contributed by atoms with Crippen molar-refractivity contribution in [2.75, 3.05) is 0 Å². The Morgan fingerprint density at radius 3 is 2.59 bits per heavy atom. The number of nitrogens with zero attached hydrogens (tertiary/aromatic N) is 3. The predicted octanol–water partition coefficient (Wildman–Crippen LogP) is 4.78. The largest absolute Gasteiger partial charge is 0.351 e. The minimum absolute atomic E-state index is 0.0677. The summed E-state index contributed by atoms with van der Waals surface area (Å²) in [6, 6.07) is 10.1. The van der Waals surface area contributed by atoms with E-state index in [4.69, 9.17) is 5.10 Å². The third-order valence-electron chi connectivity index (χ3n) is 7.22. The summed E-state index contributed by atoms with van der Waals surface area (Å²) in [5.74, 6) is 0.279. The maximum absolute atomic E-state index is 13.7. The van der Waals surface area contributed by atoms with E-state index >= 15 is 0 Å². The van der Waals surface area contributed by atoms with Crippen LogP contribution in [0.1, 0.15) is 86.0 Å². The lowest BCUT2D eigenvalue weighted by atomic mass is 9.93. The molecule has 2 aliphatic carbocycles. The van der Waals surface area contributed by atoms with Crippen molar-refractivity contribution in [1.29, 1.82) is 0 Å². The molecule has 2 fully saturated rings. The van der Waals surface area contributed by atoms with Crippen LogP contribution in [-0.2, 0) is 17.9 Å². The molecule has 7 heteroatoms. The minimum Gasteiger partial charge on any atom is -0.351 e.